The van der Waals surface area contributed by atoms with Crippen molar-refractivity contribution in [3.05, 3.63) is 42.0 Å². The summed E-state index contributed by atoms with van der Waals surface area (Å²) in [7, 11) is 0. The smallest absolute Gasteiger partial charge is 0.210 e. The molecule has 2 aromatic rings. The molecule has 0 atom stereocenters. The molecule has 0 amide bonds. The van der Waals surface area contributed by atoms with Crippen molar-refractivity contribution >= 4 is 22.2 Å². The highest BCUT2D eigenvalue weighted by molar-refractivity contribution is 6.01. The highest BCUT2D eigenvalue weighted by atomic mass is 127. The number of fused-ring (bicyclic) bond motifs is 3. The van der Waals surface area contributed by atoms with E-state index in [1.54, 1.807) is 0 Å². The zero-order valence-electron chi connectivity index (χ0n) is 23.3. The van der Waals surface area contributed by atoms with Crippen LogP contribution in [0, 0.1) is 0 Å². The van der Waals surface area contributed by atoms with Gasteiger partial charge in [0, 0.05) is 25.0 Å². The fourth-order valence-electron chi connectivity index (χ4n) is 5.95. The summed E-state index contributed by atoms with van der Waals surface area (Å²) in [4.78, 5) is 0. The average Bonchev–Trinajstić information content (AvgIpc) is 3.04. The van der Waals surface area contributed by atoms with Crippen molar-refractivity contribution in [3.8, 4) is 0 Å². The zero-order valence-corrected chi connectivity index (χ0v) is 25.5. The van der Waals surface area contributed by atoms with Gasteiger partial charge in [-0.1, -0.05) is 121 Å². The molecule has 0 radical (unpaired) electrons. The van der Waals surface area contributed by atoms with Crippen LogP contribution in [0.15, 0.2) is 36.4 Å². The summed E-state index contributed by atoms with van der Waals surface area (Å²) in [6.45, 7) is 10.6. The largest absolute Gasteiger partial charge is 1.00 e. The van der Waals surface area contributed by atoms with Crippen LogP contribution in [0.2, 0.25) is 0 Å². The summed E-state index contributed by atoms with van der Waals surface area (Å²) in [5.41, 5.74) is 4.60. The molecule has 0 unspecified atom stereocenters. The van der Waals surface area contributed by atoms with Crippen LogP contribution in [0.25, 0.3) is 10.8 Å². The lowest BCUT2D eigenvalue weighted by Crippen LogP contribution is -3.00. The predicted molar refractivity (Wildman–Crippen MR) is 152 cm³/mol. The van der Waals surface area contributed by atoms with Crippen molar-refractivity contribution in [1.29, 1.82) is 0 Å². The van der Waals surface area contributed by atoms with Crippen LogP contribution in [-0.2, 0) is 5.41 Å². The summed E-state index contributed by atoms with van der Waals surface area (Å²) in [6.07, 6.45) is 22.9. The molecule has 0 saturated carbocycles. The Morgan fingerprint density at radius 1 is 0.629 bits per heavy atom. The van der Waals surface area contributed by atoms with Gasteiger partial charge in [0.25, 0.3) is 0 Å². The second kappa shape index (κ2) is 16.0. The lowest BCUT2D eigenvalue weighted by molar-refractivity contribution is -0.439. The Balaban J connectivity index is 0.00000432. The molecular weight excluding hydrogens is 537 g/mol. The fourth-order valence-corrected chi connectivity index (χ4v) is 5.95. The summed E-state index contributed by atoms with van der Waals surface area (Å²) in [5.74, 6) is 0. The van der Waals surface area contributed by atoms with Gasteiger partial charge in [-0.25, -0.2) is 0 Å². The highest BCUT2D eigenvalue weighted by Crippen LogP contribution is 2.43. The number of benzene rings is 2. The van der Waals surface area contributed by atoms with Crippen LogP contribution in [-0.4, -0.2) is 16.8 Å². The quantitative estimate of drug-likeness (QED) is 0.102. The first-order valence-electron chi connectivity index (χ1n) is 14.7. The lowest BCUT2D eigenvalue weighted by Gasteiger charge is -2.17. The first-order chi connectivity index (χ1) is 16.6. The second-order valence-corrected chi connectivity index (χ2v) is 11.3. The van der Waals surface area contributed by atoms with E-state index in [1.807, 2.05) is 0 Å². The lowest BCUT2D eigenvalue weighted by atomic mass is 9.80. The van der Waals surface area contributed by atoms with Gasteiger partial charge < -0.3 is 24.0 Å². The average molecular weight is 590 g/mol. The van der Waals surface area contributed by atoms with Crippen LogP contribution in [0.3, 0.4) is 0 Å². The van der Waals surface area contributed by atoms with E-state index in [9.17, 15) is 0 Å². The van der Waals surface area contributed by atoms with E-state index < -0.39 is 0 Å². The van der Waals surface area contributed by atoms with Crippen LogP contribution < -0.4 is 24.0 Å². The minimum Gasteiger partial charge on any atom is -1.00 e. The van der Waals surface area contributed by atoms with Crippen LogP contribution in [0.5, 0.6) is 0 Å². The maximum absolute atomic E-state index is 2.62. The SMILES string of the molecule is CCCCCCCCCCCCCCCCCC[N+]1=C(C)C(C)(C)c2c1ccc1ccccc21.[I-]. The van der Waals surface area contributed by atoms with Gasteiger partial charge in [0.15, 0.2) is 5.71 Å². The van der Waals surface area contributed by atoms with Gasteiger partial charge in [-0.05, 0) is 37.1 Å². The highest BCUT2D eigenvalue weighted by Gasteiger charge is 2.43. The maximum Gasteiger partial charge on any atom is 0.210 e. The molecule has 35 heavy (non-hydrogen) atoms. The molecule has 2 aromatic carbocycles. The molecule has 2 heteroatoms. The molecule has 3 rings (SSSR count). The zero-order chi connectivity index (χ0) is 24.2. The molecule has 0 aromatic heterocycles. The fraction of sp³-hybridized carbons (Fsp3) is 0.667. The molecule has 0 aliphatic carbocycles. The molecule has 1 heterocycles. The van der Waals surface area contributed by atoms with Crippen molar-refractivity contribution in [2.24, 2.45) is 0 Å². The summed E-state index contributed by atoms with van der Waals surface area (Å²) >= 11 is 0. The van der Waals surface area contributed by atoms with Gasteiger partial charge in [0.05, 0.1) is 5.41 Å². The topological polar surface area (TPSA) is 3.01 Å². The van der Waals surface area contributed by atoms with Crippen molar-refractivity contribution in [1.82, 2.24) is 0 Å². The first kappa shape index (κ1) is 30.3. The van der Waals surface area contributed by atoms with E-state index in [0.29, 0.717) is 0 Å². The van der Waals surface area contributed by atoms with E-state index in [-0.39, 0.29) is 29.4 Å². The van der Waals surface area contributed by atoms with E-state index in [2.05, 4.69) is 68.7 Å². The van der Waals surface area contributed by atoms with Crippen molar-refractivity contribution in [2.45, 2.75) is 136 Å². The van der Waals surface area contributed by atoms with E-state index in [0.717, 1.165) is 0 Å². The van der Waals surface area contributed by atoms with E-state index in [1.165, 1.54) is 137 Å². The molecule has 0 N–H and O–H groups in total. The Bertz CT molecular complexity index is 910. The Labute approximate surface area is 234 Å². The predicted octanol–water partition coefficient (Wildman–Crippen LogP) is 7.50. The minimum absolute atomic E-state index is 0. The summed E-state index contributed by atoms with van der Waals surface area (Å²) in [6, 6.07) is 13.6. The molecule has 196 valence electrons. The Hall–Kier alpha value is -0.900. The van der Waals surface area contributed by atoms with Crippen molar-refractivity contribution in [3.63, 3.8) is 0 Å². The summed E-state index contributed by atoms with van der Waals surface area (Å²) < 4.78 is 2.62. The number of halogens is 1. The Morgan fingerprint density at radius 2 is 1.11 bits per heavy atom. The van der Waals surface area contributed by atoms with Gasteiger partial charge in [-0.2, -0.15) is 4.58 Å². The molecule has 0 spiro atoms. The van der Waals surface area contributed by atoms with Gasteiger partial charge in [0.2, 0.25) is 5.69 Å². The van der Waals surface area contributed by atoms with Crippen LogP contribution in [0.1, 0.15) is 136 Å². The Kier molecular flexibility index (Phi) is 13.9. The third-order valence-corrected chi connectivity index (χ3v) is 8.37. The van der Waals surface area contributed by atoms with Gasteiger partial charge in [0.1, 0.15) is 6.54 Å². The third kappa shape index (κ3) is 8.58. The molecule has 1 aliphatic heterocycles. The number of hydrogen-bond acceptors (Lipinski definition) is 0. The van der Waals surface area contributed by atoms with Crippen LogP contribution in [0.4, 0.5) is 5.69 Å². The number of rotatable bonds is 17. The minimum atomic E-state index is 0. The monoisotopic (exact) mass is 589 g/mol. The number of hydrogen-bond donors (Lipinski definition) is 0. The summed E-state index contributed by atoms with van der Waals surface area (Å²) in [5, 5.41) is 2.80. The second-order valence-electron chi connectivity index (χ2n) is 11.3. The van der Waals surface area contributed by atoms with Crippen LogP contribution >= 0.6 is 0 Å². The molecule has 0 saturated heterocycles. The van der Waals surface area contributed by atoms with E-state index in [4.69, 9.17) is 0 Å². The standard InChI is InChI=1S/C33H52N.HI/c1-5-6-7-8-9-10-11-12-13-14-15-16-17-18-19-22-27-34-28(2)33(3,4)32-30-24-21-20-23-29(30)25-26-31(32)34;/h20-21,23-26H,5-19,22,27H2,1-4H3;1H/q+1;/p-1. The maximum atomic E-state index is 2.62. The van der Waals surface area contributed by atoms with Gasteiger partial charge >= 0.3 is 0 Å². The van der Waals surface area contributed by atoms with Crippen molar-refractivity contribution < 1.29 is 28.6 Å². The number of nitrogens with zero attached hydrogens (tertiary/aromatic N) is 1. The normalized spacial score (nSPS) is 14.4. The molecule has 0 bridgehead atoms. The molecular formula is C33H52IN. The molecule has 1 nitrogen and oxygen atoms in total. The first-order valence-corrected chi connectivity index (χ1v) is 14.7. The molecule has 0 fully saturated rings. The number of unbranched alkanes of at least 4 members (excludes halogenated alkanes) is 15. The van der Waals surface area contributed by atoms with Gasteiger partial charge in [-0.15, -0.1) is 0 Å². The third-order valence-electron chi connectivity index (χ3n) is 8.37. The molecule has 1 aliphatic rings. The van der Waals surface area contributed by atoms with E-state index >= 15 is 0 Å². The Morgan fingerprint density at radius 3 is 1.66 bits per heavy atom. The van der Waals surface area contributed by atoms with Gasteiger partial charge in [-0.3, -0.25) is 0 Å². The van der Waals surface area contributed by atoms with Crippen molar-refractivity contribution in [2.75, 3.05) is 6.54 Å².